The second kappa shape index (κ2) is 7.97. The maximum Gasteiger partial charge on any atom is 0.416 e. The van der Waals surface area contributed by atoms with Crippen LogP contribution in [0.15, 0.2) is 41.2 Å². The molecule has 15 heteroatoms. The Morgan fingerprint density at radius 1 is 1.03 bits per heavy atom. The monoisotopic (exact) mass is 463 g/mol. The Morgan fingerprint density at radius 2 is 1.62 bits per heavy atom. The van der Waals surface area contributed by atoms with Crippen LogP contribution in [0.1, 0.15) is 16.7 Å². The van der Waals surface area contributed by atoms with E-state index in [9.17, 15) is 41.3 Å². The minimum Gasteiger partial charge on any atom is -0.490 e. The van der Waals surface area contributed by atoms with Crippen LogP contribution in [-0.4, -0.2) is 31.8 Å². The number of methoxy groups -OCH3 is 1. The molecule has 0 atom stereocenters. The molecule has 1 aromatic heterocycles. The standard InChI is InChI=1S/C17H11F6N5O4/c1-32-14-4-9(2-3-13(14)28(30)31)8-26-15(29)24-25-27(26)12-6-10(16(18,19)20)5-11(7-12)17(21,22)23/h2-7H,8H2,1H3. The SMILES string of the molecule is COc1cc(Cn2c(=O)nnn2-c2cc(C(F)(F)F)cc(C(F)(F)F)c2)ccc1[N+](=O)[O-]. The van der Waals surface area contributed by atoms with Gasteiger partial charge in [-0.3, -0.25) is 10.1 Å². The van der Waals surface area contributed by atoms with Crippen molar-refractivity contribution in [1.29, 1.82) is 0 Å². The Labute approximate surface area is 173 Å². The van der Waals surface area contributed by atoms with E-state index in [1.165, 1.54) is 12.1 Å². The van der Waals surface area contributed by atoms with Crippen molar-refractivity contribution in [3.63, 3.8) is 0 Å². The van der Waals surface area contributed by atoms with Crippen LogP contribution in [0.3, 0.4) is 0 Å². The molecular formula is C17H11F6N5O4. The normalized spacial score (nSPS) is 12.1. The highest BCUT2D eigenvalue weighted by atomic mass is 19.4. The summed E-state index contributed by atoms with van der Waals surface area (Å²) in [4.78, 5) is 22.9. The molecule has 0 saturated heterocycles. The van der Waals surface area contributed by atoms with Crippen LogP contribution in [0.2, 0.25) is 0 Å². The molecular weight excluding hydrogens is 452 g/mol. The maximum absolute atomic E-state index is 13.1. The van der Waals surface area contributed by atoms with Gasteiger partial charge in [-0.15, -0.1) is 4.80 Å². The molecule has 0 unspecified atom stereocenters. The molecule has 0 fully saturated rings. The third kappa shape index (κ3) is 4.55. The van der Waals surface area contributed by atoms with Gasteiger partial charge in [0, 0.05) is 6.07 Å². The van der Waals surface area contributed by atoms with E-state index >= 15 is 0 Å². The molecule has 0 aliphatic rings. The molecule has 0 N–H and O–H groups in total. The van der Waals surface area contributed by atoms with Gasteiger partial charge >= 0.3 is 23.7 Å². The highest BCUT2D eigenvalue weighted by Gasteiger charge is 2.37. The number of hydrogen-bond acceptors (Lipinski definition) is 6. The molecule has 1 heterocycles. The molecule has 0 amide bonds. The number of nitro groups is 1. The minimum atomic E-state index is -5.10. The summed E-state index contributed by atoms with van der Waals surface area (Å²) >= 11 is 0. The lowest BCUT2D eigenvalue weighted by Crippen LogP contribution is -2.24. The zero-order chi connectivity index (χ0) is 23.8. The van der Waals surface area contributed by atoms with Gasteiger partial charge in [0.05, 0.1) is 35.4 Å². The number of alkyl halides is 6. The summed E-state index contributed by atoms with van der Waals surface area (Å²) in [6, 6.07) is 4.20. The maximum atomic E-state index is 13.1. The van der Waals surface area contributed by atoms with Crippen molar-refractivity contribution in [2.24, 2.45) is 0 Å². The first kappa shape index (κ1) is 22.8. The Morgan fingerprint density at radius 3 is 2.12 bits per heavy atom. The minimum absolute atomic E-state index is 0.0654. The Kier molecular flexibility index (Phi) is 5.67. The van der Waals surface area contributed by atoms with Crippen LogP contribution in [0.5, 0.6) is 5.75 Å². The molecule has 0 saturated carbocycles. The van der Waals surface area contributed by atoms with Gasteiger partial charge in [-0.1, -0.05) is 11.2 Å². The average molecular weight is 463 g/mol. The van der Waals surface area contributed by atoms with Gasteiger partial charge in [-0.25, -0.2) is 9.48 Å². The van der Waals surface area contributed by atoms with Crippen LogP contribution in [0, 0.1) is 10.1 Å². The van der Waals surface area contributed by atoms with Crippen LogP contribution in [0.4, 0.5) is 32.0 Å². The van der Waals surface area contributed by atoms with Crippen molar-refractivity contribution >= 4 is 5.69 Å². The average Bonchev–Trinajstić information content (AvgIpc) is 3.06. The summed E-state index contributed by atoms with van der Waals surface area (Å²) in [5.74, 6) is -0.169. The number of benzene rings is 2. The molecule has 170 valence electrons. The number of tetrazole rings is 1. The fourth-order valence-electron chi connectivity index (χ4n) is 2.79. The molecule has 0 aliphatic heterocycles. The summed E-state index contributed by atoms with van der Waals surface area (Å²) in [7, 11) is 1.16. The van der Waals surface area contributed by atoms with E-state index < -0.39 is 46.3 Å². The zero-order valence-electron chi connectivity index (χ0n) is 15.8. The van der Waals surface area contributed by atoms with Gasteiger partial charge in [0.1, 0.15) is 0 Å². The molecule has 3 aromatic rings. The second-order valence-electron chi connectivity index (χ2n) is 6.35. The number of ether oxygens (including phenoxy) is 1. The number of nitrogens with zero attached hydrogens (tertiary/aromatic N) is 5. The Bertz CT molecular complexity index is 1200. The van der Waals surface area contributed by atoms with E-state index in [-0.39, 0.29) is 23.1 Å². The highest BCUT2D eigenvalue weighted by Crippen LogP contribution is 2.37. The molecule has 32 heavy (non-hydrogen) atoms. The number of nitro benzene ring substituents is 1. The first-order valence-corrected chi connectivity index (χ1v) is 8.45. The van der Waals surface area contributed by atoms with E-state index in [2.05, 4.69) is 10.3 Å². The molecule has 0 bridgehead atoms. The van der Waals surface area contributed by atoms with Crippen LogP contribution in [0.25, 0.3) is 5.69 Å². The lowest BCUT2D eigenvalue weighted by Gasteiger charge is -2.15. The summed E-state index contributed by atoms with van der Waals surface area (Å²) in [6.45, 7) is -0.433. The molecule has 9 nitrogen and oxygen atoms in total. The highest BCUT2D eigenvalue weighted by molar-refractivity contribution is 5.48. The van der Waals surface area contributed by atoms with Crippen LogP contribution < -0.4 is 10.4 Å². The van der Waals surface area contributed by atoms with Crippen LogP contribution in [-0.2, 0) is 18.9 Å². The van der Waals surface area contributed by atoms with Crippen LogP contribution >= 0.6 is 0 Å². The Hall–Kier alpha value is -3.91. The van der Waals surface area contributed by atoms with Gasteiger partial charge in [0.2, 0.25) is 0 Å². The molecule has 0 aliphatic carbocycles. The molecule has 2 aromatic carbocycles. The van der Waals surface area contributed by atoms with Crippen molar-refractivity contribution < 1.29 is 36.0 Å². The Balaban J connectivity index is 2.12. The second-order valence-corrected chi connectivity index (χ2v) is 6.35. The van der Waals surface area contributed by atoms with Gasteiger partial charge in [-0.2, -0.15) is 26.3 Å². The number of halogens is 6. The summed E-state index contributed by atoms with van der Waals surface area (Å²) in [6.07, 6.45) is -10.2. The number of aromatic nitrogens is 4. The van der Waals surface area contributed by atoms with E-state index in [1.54, 1.807) is 0 Å². The quantitative estimate of drug-likeness (QED) is 0.326. The van der Waals surface area contributed by atoms with Crippen molar-refractivity contribution in [3.05, 3.63) is 73.7 Å². The first-order chi connectivity index (χ1) is 14.8. The molecule has 0 radical (unpaired) electrons. The summed E-state index contributed by atoms with van der Waals surface area (Å²) in [5, 5.41) is 17.5. The summed E-state index contributed by atoms with van der Waals surface area (Å²) < 4.78 is 84.4. The third-order valence-electron chi connectivity index (χ3n) is 4.24. The van der Waals surface area contributed by atoms with Crippen molar-refractivity contribution in [3.8, 4) is 11.4 Å². The van der Waals surface area contributed by atoms with E-state index in [4.69, 9.17) is 4.74 Å². The predicted octanol–water partition coefficient (Wildman–Crippen LogP) is 3.43. The lowest BCUT2D eigenvalue weighted by molar-refractivity contribution is -0.385. The van der Waals surface area contributed by atoms with Gasteiger partial charge in [0.15, 0.2) is 5.75 Å². The smallest absolute Gasteiger partial charge is 0.416 e. The fraction of sp³-hybridized carbons (Fsp3) is 0.235. The fourth-order valence-corrected chi connectivity index (χ4v) is 2.79. The largest absolute Gasteiger partial charge is 0.490 e. The third-order valence-corrected chi connectivity index (χ3v) is 4.24. The van der Waals surface area contributed by atoms with E-state index in [1.807, 2.05) is 0 Å². The van der Waals surface area contributed by atoms with Gasteiger partial charge < -0.3 is 4.74 Å². The molecule has 0 spiro atoms. The van der Waals surface area contributed by atoms with Gasteiger partial charge in [0.25, 0.3) is 0 Å². The number of rotatable bonds is 5. The van der Waals surface area contributed by atoms with Crippen molar-refractivity contribution in [2.75, 3.05) is 7.11 Å². The van der Waals surface area contributed by atoms with E-state index in [0.29, 0.717) is 21.6 Å². The lowest BCUT2D eigenvalue weighted by atomic mass is 10.1. The van der Waals surface area contributed by atoms with Crippen molar-refractivity contribution in [1.82, 2.24) is 19.8 Å². The number of hydrogen-bond donors (Lipinski definition) is 0. The van der Waals surface area contributed by atoms with Gasteiger partial charge in [-0.05, 0) is 35.0 Å². The first-order valence-electron chi connectivity index (χ1n) is 8.45. The topological polar surface area (TPSA) is 105 Å². The summed E-state index contributed by atoms with van der Waals surface area (Å²) in [5.41, 5.74) is -5.17. The van der Waals surface area contributed by atoms with Crippen molar-refractivity contribution in [2.45, 2.75) is 18.9 Å². The predicted molar refractivity (Wildman–Crippen MR) is 94.4 cm³/mol. The molecule has 3 rings (SSSR count). The van der Waals surface area contributed by atoms with E-state index in [0.717, 1.165) is 13.2 Å². The zero-order valence-corrected chi connectivity index (χ0v) is 15.8.